The summed E-state index contributed by atoms with van der Waals surface area (Å²) < 4.78 is 0. The summed E-state index contributed by atoms with van der Waals surface area (Å²) in [5.74, 6) is -0.854. The Hall–Kier alpha value is -1.09. The van der Waals surface area contributed by atoms with E-state index < -0.39 is 14.0 Å². The van der Waals surface area contributed by atoms with Crippen LogP contribution in [-0.2, 0) is 0 Å². The number of hydrogen-bond donors (Lipinski definition) is 1. The average Bonchev–Trinajstić information content (AvgIpc) is 2.17. The van der Waals surface area contributed by atoms with E-state index in [1.807, 2.05) is 12.1 Å². The van der Waals surface area contributed by atoms with Gasteiger partial charge in [-0.05, 0) is 23.2 Å². The summed E-state index contributed by atoms with van der Waals surface area (Å²) in [6, 6.07) is 7.35. The molecule has 88 valence electrons. The monoisotopic (exact) mass is 236 g/mol. The van der Waals surface area contributed by atoms with Crippen molar-refractivity contribution in [1.82, 2.24) is 0 Å². The number of carboxylic acid groups (broad SMARTS) is 1. The van der Waals surface area contributed by atoms with E-state index in [-0.39, 0.29) is 0 Å². The molecule has 3 heteroatoms. The zero-order chi connectivity index (χ0) is 12.3. The minimum Gasteiger partial charge on any atom is -0.478 e. The van der Waals surface area contributed by atoms with Crippen LogP contribution in [0.5, 0.6) is 0 Å². The van der Waals surface area contributed by atoms with Gasteiger partial charge in [-0.15, -0.1) is 0 Å². The van der Waals surface area contributed by atoms with Crippen LogP contribution in [0.3, 0.4) is 0 Å². The Balaban J connectivity index is 3.00. The molecule has 1 rings (SSSR count). The van der Waals surface area contributed by atoms with Gasteiger partial charge in [0.15, 0.2) is 0 Å². The standard InChI is InChI=1S/C13H20O2Si/c1-5-12(16(2,3)4)10-6-8-11(9-7-10)13(14)15/h6-9,12H,5H2,1-4H3,(H,14,15). The van der Waals surface area contributed by atoms with Crippen molar-refractivity contribution in [2.75, 3.05) is 0 Å². The van der Waals surface area contributed by atoms with Gasteiger partial charge in [0, 0.05) is 0 Å². The SMILES string of the molecule is CCC(c1ccc(C(=O)O)cc1)[Si](C)(C)C. The molecule has 0 bridgehead atoms. The molecule has 0 aliphatic rings. The molecule has 1 atom stereocenters. The summed E-state index contributed by atoms with van der Waals surface area (Å²) in [6.45, 7) is 9.26. The van der Waals surface area contributed by atoms with E-state index in [0.29, 0.717) is 11.1 Å². The topological polar surface area (TPSA) is 37.3 Å². The second kappa shape index (κ2) is 4.83. The van der Waals surface area contributed by atoms with Gasteiger partial charge in [0.05, 0.1) is 13.6 Å². The lowest BCUT2D eigenvalue weighted by Crippen LogP contribution is -2.30. The number of benzene rings is 1. The minimum absolute atomic E-state index is 0.370. The number of rotatable bonds is 4. The zero-order valence-electron chi connectivity index (χ0n) is 10.4. The molecule has 1 unspecified atom stereocenters. The Morgan fingerprint density at radius 3 is 2.06 bits per heavy atom. The van der Waals surface area contributed by atoms with E-state index in [1.165, 1.54) is 5.56 Å². The predicted molar refractivity (Wildman–Crippen MR) is 69.8 cm³/mol. The van der Waals surface area contributed by atoms with Crippen molar-refractivity contribution in [2.24, 2.45) is 0 Å². The third-order valence-electron chi connectivity index (χ3n) is 3.01. The third-order valence-corrected chi connectivity index (χ3v) is 5.85. The van der Waals surface area contributed by atoms with Gasteiger partial charge in [-0.25, -0.2) is 4.79 Å². The minimum atomic E-state index is -1.22. The Morgan fingerprint density at radius 2 is 1.75 bits per heavy atom. The maximum atomic E-state index is 10.8. The van der Waals surface area contributed by atoms with Crippen molar-refractivity contribution >= 4 is 14.0 Å². The Labute approximate surface area is 98.3 Å². The molecular formula is C13H20O2Si. The number of carbonyl (C=O) groups is 1. The van der Waals surface area contributed by atoms with Crippen LogP contribution in [0.2, 0.25) is 19.6 Å². The summed E-state index contributed by atoms with van der Waals surface area (Å²) in [6.07, 6.45) is 1.13. The molecule has 1 aromatic carbocycles. The van der Waals surface area contributed by atoms with E-state index in [1.54, 1.807) is 12.1 Å². The van der Waals surface area contributed by atoms with Crippen molar-refractivity contribution in [3.05, 3.63) is 35.4 Å². The van der Waals surface area contributed by atoms with Crippen molar-refractivity contribution in [3.8, 4) is 0 Å². The quantitative estimate of drug-likeness (QED) is 0.808. The molecule has 2 nitrogen and oxygen atoms in total. The first-order valence-electron chi connectivity index (χ1n) is 5.69. The van der Waals surface area contributed by atoms with Crippen molar-refractivity contribution in [3.63, 3.8) is 0 Å². The summed E-state index contributed by atoms with van der Waals surface area (Å²) in [5, 5.41) is 8.84. The lowest BCUT2D eigenvalue weighted by atomic mass is 10.1. The summed E-state index contributed by atoms with van der Waals surface area (Å²) >= 11 is 0. The second-order valence-corrected chi connectivity index (χ2v) is 10.7. The first kappa shape index (κ1) is 13.0. The maximum absolute atomic E-state index is 10.8. The summed E-state index contributed by atoms with van der Waals surface area (Å²) in [7, 11) is -1.22. The van der Waals surface area contributed by atoms with Crippen LogP contribution in [0.15, 0.2) is 24.3 Å². The van der Waals surface area contributed by atoms with Crippen molar-refractivity contribution < 1.29 is 9.90 Å². The van der Waals surface area contributed by atoms with E-state index in [9.17, 15) is 4.79 Å². The number of hydrogen-bond acceptors (Lipinski definition) is 1. The molecule has 16 heavy (non-hydrogen) atoms. The molecule has 0 fully saturated rings. The van der Waals surface area contributed by atoms with E-state index in [4.69, 9.17) is 5.11 Å². The Morgan fingerprint density at radius 1 is 1.25 bits per heavy atom. The first-order chi connectivity index (χ1) is 7.36. The van der Waals surface area contributed by atoms with Gasteiger partial charge >= 0.3 is 5.97 Å². The molecule has 0 aromatic heterocycles. The molecule has 0 aliphatic carbocycles. The summed E-state index contributed by atoms with van der Waals surface area (Å²) in [4.78, 5) is 10.8. The molecular weight excluding hydrogens is 216 g/mol. The van der Waals surface area contributed by atoms with Crippen molar-refractivity contribution in [2.45, 2.75) is 38.5 Å². The second-order valence-electron chi connectivity index (χ2n) is 5.25. The van der Waals surface area contributed by atoms with Gasteiger partial charge < -0.3 is 5.11 Å². The highest BCUT2D eigenvalue weighted by Gasteiger charge is 2.26. The van der Waals surface area contributed by atoms with Gasteiger partial charge in [0.25, 0.3) is 0 Å². The number of aromatic carboxylic acids is 1. The van der Waals surface area contributed by atoms with Crippen LogP contribution in [0.25, 0.3) is 0 Å². The van der Waals surface area contributed by atoms with Crippen LogP contribution in [0.4, 0.5) is 0 Å². The van der Waals surface area contributed by atoms with Crippen LogP contribution in [-0.4, -0.2) is 19.1 Å². The van der Waals surface area contributed by atoms with E-state index >= 15 is 0 Å². The molecule has 0 saturated heterocycles. The molecule has 0 amide bonds. The van der Waals surface area contributed by atoms with Gasteiger partial charge in [-0.2, -0.15) is 0 Å². The molecule has 0 radical (unpaired) electrons. The van der Waals surface area contributed by atoms with Crippen LogP contribution in [0, 0.1) is 0 Å². The van der Waals surface area contributed by atoms with Gasteiger partial charge in [-0.1, -0.05) is 45.1 Å². The van der Waals surface area contributed by atoms with Gasteiger partial charge in [0.1, 0.15) is 0 Å². The van der Waals surface area contributed by atoms with E-state index in [2.05, 4.69) is 26.6 Å². The highest BCUT2D eigenvalue weighted by molar-refractivity contribution is 6.77. The lowest BCUT2D eigenvalue weighted by molar-refractivity contribution is 0.0697. The van der Waals surface area contributed by atoms with Crippen LogP contribution in [0.1, 0.15) is 34.8 Å². The normalized spacial score (nSPS) is 13.5. The number of carboxylic acids is 1. The average molecular weight is 236 g/mol. The Bertz CT molecular complexity index is 363. The highest BCUT2D eigenvalue weighted by atomic mass is 28.3. The fraction of sp³-hybridized carbons (Fsp3) is 0.462. The van der Waals surface area contributed by atoms with E-state index in [0.717, 1.165) is 6.42 Å². The lowest BCUT2D eigenvalue weighted by Gasteiger charge is -2.28. The molecule has 0 aliphatic heterocycles. The molecule has 1 aromatic rings. The largest absolute Gasteiger partial charge is 0.478 e. The summed E-state index contributed by atoms with van der Waals surface area (Å²) in [5.41, 5.74) is 2.26. The maximum Gasteiger partial charge on any atom is 0.335 e. The molecule has 1 N–H and O–H groups in total. The van der Waals surface area contributed by atoms with Gasteiger partial charge in [-0.3, -0.25) is 0 Å². The van der Waals surface area contributed by atoms with Crippen LogP contribution >= 0.6 is 0 Å². The smallest absolute Gasteiger partial charge is 0.335 e. The van der Waals surface area contributed by atoms with Crippen LogP contribution < -0.4 is 0 Å². The molecule has 0 heterocycles. The third kappa shape index (κ3) is 2.95. The van der Waals surface area contributed by atoms with Gasteiger partial charge in [0.2, 0.25) is 0 Å². The fourth-order valence-corrected chi connectivity index (χ4v) is 4.62. The first-order valence-corrected chi connectivity index (χ1v) is 9.27. The van der Waals surface area contributed by atoms with Crippen molar-refractivity contribution in [1.29, 1.82) is 0 Å². The predicted octanol–water partition coefficient (Wildman–Crippen LogP) is 3.76. The fourth-order valence-electron chi connectivity index (χ4n) is 2.21. The zero-order valence-corrected chi connectivity index (χ0v) is 11.4. The Kier molecular flexibility index (Phi) is 3.91. The molecule has 0 saturated carbocycles. The molecule has 0 spiro atoms. The highest BCUT2D eigenvalue weighted by Crippen LogP contribution is 2.30.